The Morgan fingerprint density at radius 1 is 1.00 bits per heavy atom. The summed E-state index contributed by atoms with van der Waals surface area (Å²) in [5.74, 6) is 1.52. The highest BCUT2D eigenvalue weighted by Crippen LogP contribution is 2.59. The standard InChI is InChI=1S/C29H36N2O3/c32-27(30-21-29(11-16-33-17-12-29)24-4-2-1-3-5-24)25-19-28(25)9-13-31(14-10-28)20-22-6-7-26-23(18-22)8-15-34-26/h1-7,18,25H,8-17,19-21H2,(H,30,32). The van der Waals surface area contributed by atoms with E-state index in [1.807, 2.05) is 0 Å². The molecule has 34 heavy (non-hydrogen) atoms. The van der Waals surface area contributed by atoms with Gasteiger partial charge in [-0.05, 0) is 73.4 Å². The van der Waals surface area contributed by atoms with Gasteiger partial charge in [-0.2, -0.15) is 0 Å². The molecule has 2 saturated heterocycles. The van der Waals surface area contributed by atoms with Crippen molar-refractivity contribution in [2.24, 2.45) is 11.3 Å². The Morgan fingerprint density at radius 3 is 2.59 bits per heavy atom. The van der Waals surface area contributed by atoms with Crippen molar-refractivity contribution in [1.29, 1.82) is 0 Å². The van der Waals surface area contributed by atoms with Crippen LogP contribution in [0.25, 0.3) is 0 Å². The first kappa shape index (κ1) is 22.1. The van der Waals surface area contributed by atoms with Crippen molar-refractivity contribution in [2.45, 2.75) is 50.5 Å². The Hall–Kier alpha value is -2.37. The summed E-state index contributed by atoms with van der Waals surface area (Å²) in [5, 5.41) is 3.38. The number of fused-ring (bicyclic) bond motifs is 1. The molecule has 0 bridgehead atoms. The number of ether oxygens (including phenoxy) is 2. The second-order valence-electron chi connectivity index (χ2n) is 10.9. The van der Waals surface area contributed by atoms with Gasteiger partial charge >= 0.3 is 0 Å². The Kier molecular flexibility index (Phi) is 5.86. The number of nitrogens with zero attached hydrogens (tertiary/aromatic N) is 1. The number of likely N-dealkylation sites (tertiary alicyclic amines) is 1. The fourth-order valence-corrected chi connectivity index (χ4v) is 6.52. The zero-order valence-corrected chi connectivity index (χ0v) is 20.1. The third-order valence-corrected chi connectivity index (χ3v) is 8.96. The summed E-state index contributed by atoms with van der Waals surface area (Å²) >= 11 is 0. The van der Waals surface area contributed by atoms with Crippen LogP contribution >= 0.6 is 0 Å². The molecule has 6 rings (SSSR count). The van der Waals surface area contributed by atoms with Crippen molar-refractivity contribution < 1.29 is 14.3 Å². The average Bonchev–Trinajstić information content (AvgIpc) is 3.38. The molecule has 1 amide bonds. The van der Waals surface area contributed by atoms with Crippen LogP contribution in [0, 0.1) is 11.3 Å². The van der Waals surface area contributed by atoms with Gasteiger partial charge in [0.05, 0.1) is 6.61 Å². The van der Waals surface area contributed by atoms with Gasteiger partial charge in [0.2, 0.25) is 5.91 Å². The number of rotatable bonds is 6. The molecule has 3 heterocycles. The second-order valence-corrected chi connectivity index (χ2v) is 10.9. The van der Waals surface area contributed by atoms with Crippen molar-refractivity contribution in [3.8, 4) is 5.75 Å². The van der Waals surface area contributed by atoms with Gasteiger partial charge in [0.1, 0.15) is 5.75 Å². The molecule has 1 unspecified atom stereocenters. The summed E-state index contributed by atoms with van der Waals surface area (Å²) in [6.45, 7) is 6.25. The highest BCUT2D eigenvalue weighted by atomic mass is 16.5. The maximum atomic E-state index is 13.2. The number of piperidine rings is 1. The lowest BCUT2D eigenvalue weighted by Crippen LogP contribution is -2.45. The Bertz CT molecular complexity index is 1020. The topological polar surface area (TPSA) is 50.8 Å². The molecular formula is C29H36N2O3. The molecule has 0 aromatic heterocycles. The van der Waals surface area contributed by atoms with Gasteiger partial charge in [0.25, 0.3) is 0 Å². The molecule has 1 saturated carbocycles. The second kappa shape index (κ2) is 9.01. The van der Waals surface area contributed by atoms with E-state index in [1.54, 1.807) is 0 Å². The molecular weight excluding hydrogens is 424 g/mol. The largest absolute Gasteiger partial charge is 0.493 e. The van der Waals surface area contributed by atoms with Crippen LogP contribution < -0.4 is 10.1 Å². The molecule has 1 aliphatic carbocycles. The molecule has 1 atom stereocenters. The van der Waals surface area contributed by atoms with Crippen LogP contribution in [0.3, 0.4) is 0 Å². The minimum atomic E-state index is 0.00148. The van der Waals surface area contributed by atoms with Crippen molar-refractivity contribution in [2.75, 3.05) is 39.5 Å². The quantitative estimate of drug-likeness (QED) is 0.706. The Labute approximate surface area is 202 Å². The van der Waals surface area contributed by atoms with E-state index in [2.05, 4.69) is 58.7 Å². The SMILES string of the molecule is O=C(NCC1(c2ccccc2)CCOCC1)C1CC12CCN(Cc1ccc3c(c1)CCO3)CC2. The molecule has 3 fully saturated rings. The van der Waals surface area contributed by atoms with Gasteiger partial charge in [-0.15, -0.1) is 0 Å². The van der Waals surface area contributed by atoms with Crippen molar-refractivity contribution >= 4 is 5.91 Å². The third kappa shape index (κ3) is 4.25. The molecule has 4 aliphatic rings. The van der Waals surface area contributed by atoms with Crippen molar-refractivity contribution in [3.05, 3.63) is 65.2 Å². The van der Waals surface area contributed by atoms with Crippen LogP contribution in [-0.4, -0.2) is 50.3 Å². The van der Waals surface area contributed by atoms with E-state index in [9.17, 15) is 4.79 Å². The predicted molar refractivity (Wildman–Crippen MR) is 132 cm³/mol. The van der Waals surface area contributed by atoms with Crippen LogP contribution in [-0.2, 0) is 27.9 Å². The van der Waals surface area contributed by atoms with E-state index in [-0.39, 0.29) is 22.7 Å². The summed E-state index contributed by atoms with van der Waals surface area (Å²) in [5.41, 5.74) is 4.30. The monoisotopic (exact) mass is 460 g/mol. The molecule has 2 aromatic rings. The minimum absolute atomic E-state index is 0.00148. The molecule has 3 aliphatic heterocycles. The molecule has 0 radical (unpaired) electrons. The van der Waals surface area contributed by atoms with Crippen molar-refractivity contribution in [1.82, 2.24) is 10.2 Å². The highest BCUT2D eigenvalue weighted by Gasteiger charge is 2.58. The van der Waals surface area contributed by atoms with Crippen LogP contribution in [0.4, 0.5) is 0 Å². The van der Waals surface area contributed by atoms with E-state index in [1.165, 1.54) is 16.7 Å². The molecule has 1 spiro atoms. The Morgan fingerprint density at radius 2 is 1.79 bits per heavy atom. The van der Waals surface area contributed by atoms with Gasteiger partial charge in [-0.25, -0.2) is 0 Å². The van der Waals surface area contributed by atoms with E-state index >= 15 is 0 Å². The predicted octanol–water partition coefficient (Wildman–Crippen LogP) is 4.09. The number of hydrogen-bond donors (Lipinski definition) is 1. The van der Waals surface area contributed by atoms with Gasteiger partial charge in [-0.3, -0.25) is 9.69 Å². The lowest BCUT2D eigenvalue weighted by molar-refractivity contribution is -0.124. The van der Waals surface area contributed by atoms with E-state index in [4.69, 9.17) is 9.47 Å². The zero-order valence-electron chi connectivity index (χ0n) is 20.1. The van der Waals surface area contributed by atoms with Crippen LogP contribution in [0.15, 0.2) is 48.5 Å². The highest BCUT2D eigenvalue weighted by molar-refractivity contribution is 5.82. The van der Waals surface area contributed by atoms with Gasteiger partial charge in [-0.1, -0.05) is 42.5 Å². The number of benzene rings is 2. The van der Waals surface area contributed by atoms with Crippen LogP contribution in [0.2, 0.25) is 0 Å². The minimum Gasteiger partial charge on any atom is -0.493 e. The van der Waals surface area contributed by atoms with Gasteiger partial charge in [0, 0.05) is 44.1 Å². The van der Waals surface area contributed by atoms with Crippen LogP contribution in [0.1, 0.15) is 48.8 Å². The summed E-state index contributed by atoms with van der Waals surface area (Å²) in [6, 6.07) is 17.3. The fourth-order valence-electron chi connectivity index (χ4n) is 6.52. The smallest absolute Gasteiger partial charge is 0.223 e. The maximum absolute atomic E-state index is 13.2. The first-order valence-corrected chi connectivity index (χ1v) is 13.0. The van der Waals surface area contributed by atoms with Gasteiger partial charge < -0.3 is 14.8 Å². The fraction of sp³-hybridized carbons (Fsp3) is 0.552. The first-order valence-electron chi connectivity index (χ1n) is 13.0. The zero-order chi connectivity index (χ0) is 23.0. The van der Waals surface area contributed by atoms with Crippen molar-refractivity contribution in [3.63, 3.8) is 0 Å². The number of carbonyl (C=O) groups is 1. The normalized spacial score (nSPS) is 24.9. The summed E-state index contributed by atoms with van der Waals surface area (Å²) in [4.78, 5) is 15.8. The summed E-state index contributed by atoms with van der Waals surface area (Å²) < 4.78 is 11.3. The molecule has 5 nitrogen and oxygen atoms in total. The summed E-state index contributed by atoms with van der Waals surface area (Å²) in [7, 11) is 0. The van der Waals surface area contributed by atoms with E-state index in [0.29, 0.717) is 0 Å². The van der Waals surface area contributed by atoms with Gasteiger partial charge in [0.15, 0.2) is 0 Å². The van der Waals surface area contributed by atoms with E-state index < -0.39 is 0 Å². The molecule has 2 aromatic carbocycles. The first-order chi connectivity index (χ1) is 16.7. The molecule has 5 heteroatoms. The third-order valence-electron chi connectivity index (χ3n) is 8.96. The molecule has 180 valence electrons. The number of nitrogens with one attached hydrogen (secondary N) is 1. The lowest BCUT2D eigenvalue weighted by atomic mass is 9.74. The van der Waals surface area contributed by atoms with E-state index in [0.717, 1.165) is 90.3 Å². The number of carbonyl (C=O) groups excluding carboxylic acids is 1. The summed E-state index contributed by atoms with van der Waals surface area (Å²) in [6.07, 6.45) is 6.30. The Balaban J connectivity index is 1.02. The number of hydrogen-bond acceptors (Lipinski definition) is 4. The molecule has 1 N–H and O–H groups in total. The number of amides is 1. The van der Waals surface area contributed by atoms with Crippen LogP contribution in [0.5, 0.6) is 5.75 Å². The average molecular weight is 461 g/mol. The lowest BCUT2D eigenvalue weighted by Gasteiger charge is -2.38. The maximum Gasteiger partial charge on any atom is 0.223 e.